The van der Waals surface area contributed by atoms with Crippen molar-refractivity contribution in [3.05, 3.63) is 46.5 Å². The first-order chi connectivity index (χ1) is 27.5. The minimum Gasteiger partial charge on any atom is -0.455 e. The van der Waals surface area contributed by atoms with Crippen LogP contribution in [-0.4, -0.2) is 114 Å². The van der Waals surface area contributed by atoms with Gasteiger partial charge in [0.15, 0.2) is 34.2 Å². The Hall–Kier alpha value is -4.91. The van der Waals surface area contributed by atoms with Crippen LogP contribution in [0.3, 0.4) is 0 Å². The number of aliphatic hydroxyl groups is 1. The van der Waals surface area contributed by atoms with E-state index >= 15 is 0 Å². The molecule has 1 spiro atoms. The lowest BCUT2D eigenvalue weighted by atomic mass is 9.68. The van der Waals surface area contributed by atoms with E-state index in [0.29, 0.717) is 72.1 Å². The summed E-state index contributed by atoms with van der Waals surface area (Å²) in [5.74, 6) is 7.10. The van der Waals surface area contributed by atoms with Gasteiger partial charge in [-0.25, -0.2) is 9.59 Å². The highest BCUT2D eigenvalue weighted by molar-refractivity contribution is 5.95. The van der Waals surface area contributed by atoms with Crippen LogP contribution in [0.5, 0.6) is 23.0 Å². The van der Waals surface area contributed by atoms with Crippen molar-refractivity contribution in [1.29, 1.82) is 0 Å². The molecule has 0 aromatic heterocycles. The molecule has 2 aromatic rings. The smallest absolute Gasteiger partial charge is 0.339 e. The van der Waals surface area contributed by atoms with Gasteiger partial charge in [-0.05, 0) is 106 Å². The third kappa shape index (κ3) is 4.86. The molecule has 3 aliphatic carbocycles. The molecule has 10 aliphatic rings. The van der Waals surface area contributed by atoms with E-state index in [1.807, 2.05) is 12.1 Å². The first-order valence-electron chi connectivity index (χ1n) is 20.2. The highest BCUT2D eigenvalue weighted by atomic mass is 16.7. The highest BCUT2D eigenvalue weighted by Gasteiger charge is 2.83. The van der Waals surface area contributed by atoms with Crippen molar-refractivity contribution in [2.45, 2.75) is 111 Å². The molecule has 1 N–H and O–H groups in total. The molecule has 5 fully saturated rings. The zero-order valence-electron chi connectivity index (χ0n) is 31.6. The van der Waals surface area contributed by atoms with E-state index in [1.54, 1.807) is 12.1 Å². The van der Waals surface area contributed by atoms with Gasteiger partial charge in [-0.15, -0.1) is 0 Å². The zero-order valence-corrected chi connectivity index (χ0v) is 31.6. The molecule has 1 unspecified atom stereocenters. The summed E-state index contributed by atoms with van der Waals surface area (Å²) in [4.78, 5) is 45.0. The number of nitrogens with zero attached hydrogens (tertiary/aromatic N) is 4. The lowest BCUT2D eigenvalue weighted by Crippen LogP contribution is -2.55. The van der Waals surface area contributed by atoms with Crippen LogP contribution < -0.4 is 18.9 Å². The quantitative estimate of drug-likeness (QED) is 0.266. The molecule has 11 atom stereocenters. The number of hydrogen-bond donors (Lipinski definition) is 1. The van der Waals surface area contributed by atoms with Crippen molar-refractivity contribution in [1.82, 2.24) is 9.80 Å². The maximum atomic E-state index is 13.7. The Morgan fingerprint density at radius 1 is 0.912 bits per heavy atom. The molecule has 15 heteroatoms. The summed E-state index contributed by atoms with van der Waals surface area (Å²) in [5.41, 5.74) is -0.203. The average Bonchev–Trinajstić information content (AvgIpc) is 3.65. The van der Waals surface area contributed by atoms with E-state index in [-0.39, 0.29) is 43.1 Å². The number of rotatable bonds is 5. The molecular formula is C42H42N4O11. The second-order valence-corrected chi connectivity index (χ2v) is 17.8. The molecular weight excluding hydrogens is 736 g/mol. The maximum absolute atomic E-state index is 13.7. The van der Waals surface area contributed by atoms with E-state index < -0.39 is 53.3 Å². The van der Waals surface area contributed by atoms with Crippen LogP contribution in [0.2, 0.25) is 0 Å². The maximum Gasteiger partial charge on any atom is 0.339 e. The molecule has 0 bridgehead atoms. The molecule has 57 heavy (non-hydrogen) atoms. The monoisotopic (exact) mass is 778 g/mol. The zero-order chi connectivity index (χ0) is 38.6. The molecule has 0 amide bonds. The number of likely N-dealkylation sites (tertiary alicyclic amines) is 2. The Morgan fingerprint density at radius 3 is 2.42 bits per heavy atom. The third-order valence-corrected chi connectivity index (χ3v) is 14.7. The number of hydrogen-bond acceptors (Lipinski definition) is 15. The Morgan fingerprint density at radius 2 is 1.61 bits per heavy atom. The Bertz CT molecular complexity index is 2260. The molecule has 2 saturated heterocycles. The van der Waals surface area contributed by atoms with Crippen molar-refractivity contribution in [2.24, 2.45) is 22.1 Å². The van der Waals surface area contributed by atoms with Crippen molar-refractivity contribution in [3.63, 3.8) is 0 Å². The summed E-state index contributed by atoms with van der Waals surface area (Å²) in [6.07, 6.45) is 2.19. The molecule has 12 rings (SSSR count). The van der Waals surface area contributed by atoms with Gasteiger partial charge in [-0.2, -0.15) is 10.2 Å². The standard InChI is InChI=1S/C42H42N4O11/c1-45-9-6-20-11-26(47)37-33(35(20)45)22-12-29-30(15-24(22)38(49)55-37)54-32(53-29)5-3-4-8-41(43-44-41)17-31(48)56-40-16-21-7-10-46(2)36(21)34-23-13-27-28(52-19-51-27)14-25(23)39(50)57-42(34,40)18-40/h12-15,20-21,26,32-37,47H,4,6-11,16-19H2,1-2H3/t20-,21-,26+,32?,33+,34+,35-,36-,37-,40+,42+/m1/s1. The van der Waals surface area contributed by atoms with Gasteiger partial charge in [-0.1, -0.05) is 5.92 Å². The fourth-order valence-corrected chi connectivity index (χ4v) is 12.1. The van der Waals surface area contributed by atoms with Crippen molar-refractivity contribution >= 4 is 17.9 Å². The van der Waals surface area contributed by atoms with Gasteiger partial charge in [0.25, 0.3) is 0 Å². The number of esters is 3. The van der Waals surface area contributed by atoms with Gasteiger partial charge >= 0.3 is 24.2 Å². The number of carbonyl (C=O) groups excluding carboxylic acids is 3. The predicted molar refractivity (Wildman–Crippen MR) is 194 cm³/mol. The molecule has 296 valence electrons. The van der Waals surface area contributed by atoms with E-state index in [4.69, 9.17) is 33.2 Å². The third-order valence-electron chi connectivity index (χ3n) is 14.7. The van der Waals surface area contributed by atoms with E-state index in [2.05, 4.69) is 46.0 Å². The van der Waals surface area contributed by atoms with Crippen molar-refractivity contribution in [3.8, 4) is 34.8 Å². The van der Waals surface area contributed by atoms with Gasteiger partial charge in [0.1, 0.15) is 6.10 Å². The van der Waals surface area contributed by atoms with Crippen LogP contribution in [0.25, 0.3) is 0 Å². The number of aliphatic hydroxyl groups excluding tert-OH is 1. The Labute approximate surface area is 327 Å². The first-order valence-corrected chi connectivity index (χ1v) is 20.2. The predicted octanol–water partition coefficient (Wildman–Crippen LogP) is 3.66. The van der Waals surface area contributed by atoms with Crippen LogP contribution >= 0.6 is 0 Å². The number of likely N-dealkylation sites (N-methyl/N-ethyl adjacent to an activating group) is 2. The Kier molecular flexibility index (Phi) is 6.96. The summed E-state index contributed by atoms with van der Waals surface area (Å²) >= 11 is 0. The van der Waals surface area contributed by atoms with Crippen LogP contribution in [0, 0.1) is 23.7 Å². The second kappa shape index (κ2) is 11.6. The van der Waals surface area contributed by atoms with E-state index in [0.717, 1.165) is 37.1 Å². The van der Waals surface area contributed by atoms with Gasteiger partial charge in [0.05, 0.1) is 23.7 Å². The van der Waals surface area contributed by atoms with Crippen molar-refractivity contribution < 1.29 is 52.6 Å². The van der Waals surface area contributed by atoms with Gasteiger partial charge < -0.3 is 48.1 Å². The topological polar surface area (TPSA) is 167 Å². The van der Waals surface area contributed by atoms with Gasteiger partial charge in [0, 0.05) is 43.2 Å². The van der Waals surface area contributed by atoms with Crippen LogP contribution in [0.15, 0.2) is 34.5 Å². The molecule has 2 aromatic carbocycles. The summed E-state index contributed by atoms with van der Waals surface area (Å²) < 4.78 is 41.9. The Balaban J connectivity index is 0.717. The second-order valence-electron chi connectivity index (χ2n) is 17.8. The highest BCUT2D eigenvalue weighted by Crippen LogP contribution is 2.72. The van der Waals surface area contributed by atoms with E-state index in [1.165, 1.54) is 0 Å². The molecule has 15 nitrogen and oxygen atoms in total. The normalized spacial score (nSPS) is 38.8. The number of ether oxygens (including phenoxy) is 7. The summed E-state index contributed by atoms with van der Waals surface area (Å²) in [7, 11) is 4.20. The number of fused-ring (bicyclic) bond motifs is 11. The minimum absolute atomic E-state index is 0.0359. The SMILES string of the molecule is CN1CC[C@@H]2C[C@H](O)[C@H]3OC(=O)c4cc5c(cc4[C@H]3[C@@H]21)OC(C#CCCC1(CC(=O)O[C@]23C[C@H]4CCN(C)[C@H]4[C@@H]4c6cc7c(cc6C(=O)O[C@@]42C3)OCO7)N=N1)O5. The van der Waals surface area contributed by atoms with Gasteiger partial charge in [0.2, 0.25) is 12.5 Å². The average molecular weight is 779 g/mol. The molecule has 7 aliphatic heterocycles. The fraction of sp³-hybridized carbons (Fsp3) is 0.595. The molecule has 3 saturated carbocycles. The number of carbonyl (C=O) groups is 3. The van der Waals surface area contributed by atoms with Crippen LogP contribution in [0.4, 0.5) is 0 Å². The van der Waals surface area contributed by atoms with Gasteiger partial charge in [-0.3, -0.25) is 4.79 Å². The summed E-state index contributed by atoms with van der Waals surface area (Å²) in [6.45, 7) is 1.94. The lowest BCUT2D eigenvalue weighted by Gasteiger charge is -2.47. The molecule has 7 heterocycles. The summed E-state index contributed by atoms with van der Waals surface area (Å²) in [5, 5.41) is 19.4. The van der Waals surface area contributed by atoms with Crippen LogP contribution in [0.1, 0.15) is 95.0 Å². The largest absolute Gasteiger partial charge is 0.455 e. The lowest BCUT2D eigenvalue weighted by molar-refractivity contribution is -0.165. The first kappa shape index (κ1) is 34.2. The van der Waals surface area contributed by atoms with Crippen LogP contribution in [-0.2, 0) is 19.0 Å². The minimum atomic E-state index is -0.955. The number of benzene rings is 2. The van der Waals surface area contributed by atoms with Crippen molar-refractivity contribution in [2.75, 3.05) is 34.0 Å². The van der Waals surface area contributed by atoms with E-state index in [9.17, 15) is 19.5 Å². The fourth-order valence-electron chi connectivity index (χ4n) is 12.1. The molecule has 0 radical (unpaired) electrons. The summed E-state index contributed by atoms with van der Waals surface area (Å²) in [6, 6.07) is 7.46.